The fraction of sp³-hybridized carbons (Fsp3) is 0.500. The molecule has 8 heteroatoms. The van der Waals surface area contributed by atoms with Crippen molar-refractivity contribution in [2.45, 2.75) is 19.2 Å². The van der Waals surface area contributed by atoms with Crippen LogP contribution in [-0.4, -0.2) is 29.4 Å². The highest BCUT2D eigenvalue weighted by Gasteiger charge is 2.38. The van der Waals surface area contributed by atoms with Gasteiger partial charge in [0.25, 0.3) is 0 Å². The Morgan fingerprint density at radius 1 is 1.44 bits per heavy atom. The van der Waals surface area contributed by atoms with E-state index in [-0.39, 0.29) is 11.9 Å². The molecule has 0 N–H and O–H groups in total. The number of aromatic nitrogens is 2. The van der Waals surface area contributed by atoms with Gasteiger partial charge in [0.2, 0.25) is 5.88 Å². The van der Waals surface area contributed by atoms with Crippen molar-refractivity contribution >= 4 is 15.9 Å². The summed E-state index contributed by atoms with van der Waals surface area (Å²) < 4.78 is 46.3. The Kier molecular flexibility index (Phi) is 3.95. The summed E-state index contributed by atoms with van der Waals surface area (Å²) in [6, 6.07) is -0.384. The third kappa shape index (κ3) is 3.22. The van der Waals surface area contributed by atoms with Crippen LogP contribution < -0.4 is 9.47 Å². The van der Waals surface area contributed by atoms with Crippen molar-refractivity contribution < 1.29 is 22.6 Å². The van der Waals surface area contributed by atoms with Gasteiger partial charge in [-0.15, -0.1) is 0 Å². The Balaban J connectivity index is 2.82. The number of ether oxygens (including phenoxy) is 2. The topological polar surface area (TPSA) is 44.2 Å². The molecule has 0 saturated carbocycles. The normalized spacial score (nSPS) is 13.4. The van der Waals surface area contributed by atoms with E-state index in [1.165, 1.54) is 13.3 Å². The predicted octanol–water partition coefficient (Wildman–Crippen LogP) is 2.58. The van der Waals surface area contributed by atoms with Gasteiger partial charge in [-0.05, 0) is 22.9 Å². The number of hydrogen-bond donors (Lipinski definition) is 0. The molecule has 1 heterocycles. The quantitative estimate of drug-likeness (QED) is 0.860. The van der Waals surface area contributed by atoms with Crippen molar-refractivity contribution in [3.05, 3.63) is 10.7 Å². The fourth-order valence-corrected chi connectivity index (χ4v) is 1.11. The number of nitrogens with zero attached hydrogens (tertiary/aromatic N) is 2. The van der Waals surface area contributed by atoms with E-state index in [9.17, 15) is 13.2 Å². The van der Waals surface area contributed by atoms with Crippen LogP contribution in [0.3, 0.4) is 0 Å². The monoisotopic (exact) mass is 300 g/mol. The molecule has 4 nitrogen and oxygen atoms in total. The minimum Gasteiger partial charge on any atom is -0.480 e. The molecule has 0 aliphatic rings. The van der Waals surface area contributed by atoms with E-state index in [1.54, 1.807) is 0 Å². The van der Waals surface area contributed by atoms with Gasteiger partial charge in [-0.1, -0.05) is 0 Å². The molecule has 0 amide bonds. The van der Waals surface area contributed by atoms with Crippen LogP contribution in [0.4, 0.5) is 13.2 Å². The summed E-state index contributed by atoms with van der Waals surface area (Å²) >= 11 is 3.07. The molecule has 0 saturated heterocycles. The van der Waals surface area contributed by atoms with Crippen molar-refractivity contribution in [1.82, 2.24) is 9.97 Å². The Hall–Kier alpha value is -1.05. The van der Waals surface area contributed by atoms with E-state index in [0.29, 0.717) is 4.47 Å². The first-order valence-electron chi connectivity index (χ1n) is 4.14. The Labute approximate surface area is 97.9 Å². The first-order valence-corrected chi connectivity index (χ1v) is 4.93. The zero-order chi connectivity index (χ0) is 12.3. The van der Waals surface area contributed by atoms with Gasteiger partial charge in [0.1, 0.15) is 0 Å². The van der Waals surface area contributed by atoms with Crippen LogP contribution in [0.2, 0.25) is 0 Å². The molecule has 1 rings (SSSR count). The molecule has 0 aliphatic heterocycles. The van der Waals surface area contributed by atoms with E-state index >= 15 is 0 Å². The van der Waals surface area contributed by atoms with E-state index in [0.717, 1.165) is 6.92 Å². The Bertz CT molecular complexity index is 373. The van der Waals surface area contributed by atoms with Crippen molar-refractivity contribution in [2.24, 2.45) is 0 Å². The second kappa shape index (κ2) is 4.86. The average Bonchev–Trinajstić information content (AvgIpc) is 2.19. The molecule has 0 fully saturated rings. The smallest absolute Gasteiger partial charge is 0.425 e. The highest BCUT2D eigenvalue weighted by Crippen LogP contribution is 2.26. The summed E-state index contributed by atoms with van der Waals surface area (Å²) in [6.45, 7) is 0.873. The molecule has 90 valence electrons. The van der Waals surface area contributed by atoms with E-state index in [4.69, 9.17) is 4.74 Å². The molecule has 0 radical (unpaired) electrons. The van der Waals surface area contributed by atoms with Crippen LogP contribution >= 0.6 is 15.9 Å². The molecular formula is C8H8BrF3N2O2. The maximum absolute atomic E-state index is 12.2. The second-order valence-electron chi connectivity index (χ2n) is 2.81. The zero-order valence-corrected chi connectivity index (χ0v) is 9.96. The molecule has 1 atom stereocenters. The van der Waals surface area contributed by atoms with Gasteiger partial charge in [-0.25, -0.2) is 4.98 Å². The van der Waals surface area contributed by atoms with Crippen molar-refractivity contribution in [2.75, 3.05) is 7.11 Å². The highest BCUT2D eigenvalue weighted by molar-refractivity contribution is 9.10. The number of alkyl halides is 3. The number of rotatable bonds is 3. The molecular weight excluding hydrogens is 293 g/mol. The Morgan fingerprint density at radius 2 is 2.06 bits per heavy atom. The molecule has 0 bridgehead atoms. The second-order valence-corrected chi connectivity index (χ2v) is 3.67. The SMILES string of the molecule is COc1nc(OC(C)C(F)(F)F)ncc1Br. The predicted molar refractivity (Wildman–Crippen MR) is 52.4 cm³/mol. The third-order valence-electron chi connectivity index (χ3n) is 1.63. The van der Waals surface area contributed by atoms with E-state index in [1.807, 2.05) is 0 Å². The van der Waals surface area contributed by atoms with Gasteiger partial charge in [0.05, 0.1) is 17.8 Å². The summed E-state index contributed by atoms with van der Waals surface area (Å²) in [5.41, 5.74) is 0. The minimum atomic E-state index is -4.45. The highest BCUT2D eigenvalue weighted by atomic mass is 79.9. The summed E-state index contributed by atoms with van der Waals surface area (Å²) in [7, 11) is 1.34. The first kappa shape index (κ1) is 13.0. The van der Waals surface area contributed by atoms with Crippen LogP contribution in [0.25, 0.3) is 0 Å². The van der Waals surface area contributed by atoms with Crippen molar-refractivity contribution in [1.29, 1.82) is 0 Å². The number of halogens is 4. The molecule has 1 unspecified atom stereocenters. The van der Waals surface area contributed by atoms with Gasteiger partial charge in [-0.2, -0.15) is 18.2 Å². The third-order valence-corrected chi connectivity index (χ3v) is 2.17. The summed E-state index contributed by atoms with van der Waals surface area (Å²) in [6.07, 6.45) is -5.17. The van der Waals surface area contributed by atoms with Crippen LogP contribution in [-0.2, 0) is 0 Å². The summed E-state index contributed by atoms with van der Waals surface area (Å²) in [5, 5.41) is 0. The lowest BCUT2D eigenvalue weighted by atomic mass is 10.4. The summed E-state index contributed by atoms with van der Waals surface area (Å²) in [4.78, 5) is 7.22. The Morgan fingerprint density at radius 3 is 2.56 bits per heavy atom. The first-order chi connectivity index (χ1) is 7.34. The van der Waals surface area contributed by atoms with Crippen molar-refractivity contribution in [3.8, 4) is 11.9 Å². The molecule has 1 aromatic rings. The van der Waals surface area contributed by atoms with Crippen molar-refractivity contribution in [3.63, 3.8) is 0 Å². The molecule has 0 aromatic carbocycles. The largest absolute Gasteiger partial charge is 0.480 e. The zero-order valence-electron chi connectivity index (χ0n) is 8.38. The average molecular weight is 301 g/mol. The molecule has 1 aromatic heterocycles. The van der Waals surface area contributed by atoms with Gasteiger partial charge < -0.3 is 9.47 Å². The lowest BCUT2D eigenvalue weighted by Crippen LogP contribution is -2.31. The lowest BCUT2D eigenvalue weighted by Gasteiger charge is -2.16. The standard InChI is InChI=1S/C8H8BrF3N2O2/c1-4(8(10,11)12)16-7-13-3-5(9)6(14-7)15-2/h3-4H,1-2H3. The van der Waals surface area contributed by atoms with Gasteiger partial charge in [0.15, 0.2) is 6.10 Å². The summed E-state index contributed by atoms with van der Waals surface area (Å²) in [5.74, 6) is 0.111. The maximum atomic E-state index is 12.2. The van der Waals surface area contributed by atoms with Crippen LogP contribution in [0.1, 0.15) is 6.92 Å². The lowest BCUT2D eigenvalue weighted by molar-refractivity contribution is -0.190. The van der Waals surface area contributed by atoms with Gasteiger partial charge >= 0.3 is 12.2 Å². The van der Waals surface area contributed by atoms with E-state index < -0.39 is 12.3 Å². The van der Waals surface area contributed by atoms with Crippen LogP contribution in [0, 0.1) is 0 Å². The molecule has 0 aliphatic carbocycles. The molecule has 16 heavy (non-hydrogen) atoms. The maximum Gasteiger partial charge on any atom is 0.425 e. The van der Waals surface area contributed by atoms with Crippen LogP contribution in [0.5, 0.6) is 11.9 Å². The van der Waals surface area contributed by atoms with Gasteiger partial charge in [-0.3, -0.25) is 0 Å². The van der Waals surface area contributed by atoms with Gasteiger partial charge in [0, 0.05) is 0 Å². The van der Waals surface area contributed by atoms with E-state index in [2.05, 4.69) is 30.6 Å². The van der Waals surface area contributed by atoms with Crippen LogP contribution in [0.15, 0.2) is 10.7 Å². The fourth-order valence-electron chi connectivity index (χ4n) is 0.761. The number of methoxy groups -OCH3 is 1. The minimum absolute atomic E-state index is 0.111. The number of hydrogen-bond acceptors (Lipinski definition) is 4. The molecule has 0 spiro atoms.